The Kier molecular flexibility index (Phi) is 8.48. The molecule has 2 rings (SSSR count). The number of hydrogen-bond donors (Lipinski definition) is 1. The van der Waals surface area contributed by atoms with E-state index in [1.807, 2.05) is 13.8 Å². The number of piperazine rings is 1. The molecule has 2 amide bonds. The minimum absolute atomic E-state index is 0. The molecule has 5 nitrogen and oxygen atoms in total. The van der Waals surface area contributed by atoms with Gasteiger partial charge in [0.1, 0.15) is 0 Å². The molecule has 0 spiro atoms. The molecule has 0 bridgehead atoms. The average molecular weight is 409 g/mol. The van der Waals surface area contributed by atoms with Crippen molar-refractivity contribution in [1.29, 1.82) is 0 Å². The lowest BCUT2D eigenvalue weighted by Gasteiger charge is -2.36. The van der Waals surface area contributed by atoms with Gasteiger partial charge in [0.15, 0.2) is 0 Å². The smallest absolute Gasteiger partial charge is 0.254 e. The van der Waals surface area contributed by atoms with Crippen LogP contribution in [0.1, 0.15) is 30.6 Å². The van der Waals surface area contributed by atoms with Crippen LogP contribution in [0, 0.1) is 5.92 Å². The van der Waals surface area contributed by atoms with Crippen molar-refractivity contribution < 1.29 is 9.59 Å². The van der Waals surface area contributed by atoms with Crippen LogP contribution in [0.5, 0.6) is 0 Å². The minimum Gasteiger partial charge on any atom is -0.338 e. The van der Waals surface area contributed by atoms with Crippen LogP contribution in [-0.2, 0) is 4.79 Å². The van der Waals surface area contributed by atoms with Crippen molar-refractivity contribution >= 4 is 47.4 Å². The standard InChI is InChI=1S/C17H23Cl2N3O2.ClH/c1-3-11(2)15(20)17(24)22-6-4-21(5-7-22)16(23)12-8-13(18)10-14(19)9-12;/h8-11,15H,3-7,20H2,1-2H3;1H. The number of carbonyl (C=O) groups is 2. The van der Waals surface area contributed by atoms with Crippen LogP contribution in [-0.4, -0.2) is 53.8 Å². The van der Waals surface area contributed by atoms with Gasteiger partial charge in [0, 0.05) is 41.8 Å². The highest BCUT2D eigenvalue weighted by atomic mass is 35.5. The lowest BCUT2D eigenvalue weighted by atomic mass is 9.98. The van der Waals surface area contributed by atoms with E-state index in [9.17, 15) is 9.59 Å². The zero-order valence-electron chi connectivity index (χ0n) is 14.4. The highest BCUT2D eigenvalue weighted by Gasteiger charge is 2.29. The van der Waals surface area contributed by atoms with E-state index in [-0.39, 0.29) is 30.1 Å². The van der Waals surface area contributed by atoms with Gasteiger partial charge in [-0.25, -0.2) is 0 Å². The summed E-state index contributed by atoms with van der Waals surface area (Å²) < 4.78 is 0. The Hall–Kier alpha value is -1.01. The van der Waals surface area contributed by atoms with Crippen LogP contribution >= 0.6 is 35.6 Å². The van der Waals surface area contributed by atoms with Gasteiger partial charge < -0.3 is 15.5 Å². The Morgan fingerprint density at radius 1 is 1.08 bits per heavy atom. The molecule has 8 heteroatoms. The molecular weight excluding hydrogens is 385 g/mol. The molecule has 1 heterocycles. The summed E-state index contributed by atoms with van der Waals surface area (Å²) in [7, 11) is 0. The van der Waals surface area contributed by atoms with E-state index in [0.29, 0.717) is 41.8 Å². The molecule has 1 saturated heterocycles. The molecule has 0 aliphatic carbocycles. The van der Waals surface area contributed by atoms with Crippen LogP contribution in [0.15, 0.2) is 18.2 Å². The Labute approximate surface area is 164 Å². The maximum absolute atomic E-state index is 12.5. The van der Waals surface area contributed by atoms with Gasteiger partial charge in [-0.1, -0.05) is 43.5 Å². The second kappa shape index (κ2) is 9.62. The first kappa shape index (κ1) is 22.0. The Morgan fingerprint density at radius 3 is 2.04 bits per heavy atom. The maximum Gasteiger partial charge on any atom is 0.254 e. The molecule has 1 aromatic rings. The zero-order valence-corrected chi connectivity index (χ0v) is 16.7. The molecule has 0 radical (unpaired) electrons. The van der Waals surface area contributed by atoms with Gasteiger partial charge in [-0.2, -0.15) is 0 Å². The first-order valence-electron chi connectivity index (χ1n) is 8.13. The highest BCUT2D eigenvalue weighted by Crippen LogP contribution is 2.21. The monoisotopic (exact) mass is 407 g/mol. The summed E-state index contributed by atoms with van der Waals surface area (Å²) in [6.07, 6.45) is 0.862. The van der Waals surface area contributed by atoms with E-state index in [0.717, 1.165) is 6.42 Å². The van der Waals surface area contributed by atoms with Crippen molar-refractivity contribution in [1.82, 2.24) is 9.80 Å². The van der Waals surface area contributed by atoms with Gasteiger partial charge in [0.2, 0.25) is 5.91 Å². The van der Waals surface area contributed by atoms with Gasteiger partial charge >= 0.3 is 0 Å². The molecule has 0 saturated carbocycles. The number of carbonyl (C=O) groups excluding carboxylic acids is 2. The van der Waals surface area contributed by atoms with Crippen molar-refractivity contribution in [2.45, 2.75) is 26.3 Å². The summed E-state index contributed by atoms with van der Waals surface area (Å²) in [6, 6.07) is 4.31. The summed E-state index contributed by atoms with van der Waals surface area (Å²) in [5.74, 6) is -0.0225. The summed E-state index contributed by atoms with van der Waals surface area (Å²) >= 11 is 11.9. The van der Waals surface area contributed by atoms with Crippen LogP contribution in [0.2, 0.25) is 10.0 Å². The third kappa shape index (κ3) is 5.48. The zero-order chi connectivity index (χ0) is 17.9. The normalized spacial score (nSPS) is 16.8. The van der Waals surface area contributed by atoms with Gasteiger partial charge in [-0.05, 0) is 24.1 Å². The lowest BCUT2D eigenvalue weighted by molar-refractivity contribution is -0.135. The fourth-order valence-corrected chi connectivity index (χ4v) is 3.22. The summed E-state index contributed by atoms with van der Waals surface area (Å²) in [5, 5.41) is 0.860. The second-order valence-electron chi connectivity index (χ2n) is 6.19. The lowest BCUT2D eigenvalue weighted by Crippen LogP contribution is -2.55. The molecule has 1 aliphatic heterocycles. The molecule has 0 aromatic heterocycles. The molecule has 2 unspecified atom stereocenters. The predicted octanol–water partition coefficient (Wildman–Crippen LogP) is 3.07. The molecular formula is C17H24Cl3N3O2. The number of nitrogens with two attached hydrogens (primary N) is 1. The maximum atomic E-state index is 12.5. The topological polar surface area (TPSA) is 66.6 Å². The molecule has 2 atom stereocenters. The van der Waals surface area contributed by atoms with Crippen molar-refractivity contribution in [3.05, 3.63) is 33.8 Å². The largest absolute Gasteiger partial charge is 0.338 e. The molecule has 25 heavy (non-hydrogen) atoms. The number of benzene rings is 1. The minimum atomic E-state index is -0.482. The van der Waals surface area contributed by atoms with Gasteiger partial charge in [-0.3, -0.25) is 9.59 Å². The molecule has 1 aliphatic rings. The number of amides is 2. The molecule has 1 aromatic carbocycles. The van der Waals surface area contributed by atoms with Crippen molar-refractivity contribution in [3.8, 4) is 0 Å². The highest BCUT2D eigenvalue weighted by molar-refractivity contribution is 6.35. The van der Waals surface area contributed by atoms with Crippen molar-refractivity contribution in [2.75, 3.05) is 26.2 Å². The van der Waals surface area contributed by atoms with Gasteiger partial charge in [0.25, 0.3) is 5.91 Å². The fourth-order valence-electron chi connectivity index (χ4n) is 2.70. The second-order valence-corrected chi connectivity index (χ2v) is 7.06. The third-order valence-electron chi connectivity index (χ3n) is 4.53. The summed E-state index contributed by atoms with van der Waals surface area (Å²) in [5.41, 5.74) is 6.48. The first-order valence-corrected chi connectivity index (χ1v) is 8.88. The van der Waals surface area contributed by atoms with E-state index >= 15 is 0 Å². The predicted molar refractivity (Wildman–Crippen MR) is 104 cm³/mol. The average Bonchev–Trinajstić information content (AvgIpc) is 2.58. The van der Waals surface area contributed by atoms with Crippen LogP contribution < -0.4 is 5.73 Å². The van der Waals surface area contributed by atoms with Crippen LogP contribution in [0.25, 0.3) is 0 Å². The molecule has 2 N–H and O–H groups in total. The van der Waals surface area contributed by atoms with Crippen LogP contribution in [0.4, 0.5) is 0 Å². The van der Waals surface area contributed by atoms with Gasteiger partial charge in [-0.15, -0.1) is 12.4 Å². The Balaban J connectivity index is 0.00000312. The third-order valence-corrected chi connectivity index (χ3v) is 4.97. The Bertz CT molecular complexity index is 599. The van der Waals surface area contributed by atoms with E-state index in [1.165, 1.54) is 0 Å². The van der Waals surface area contributed by atoms with E-state index in [2.05, 4.69) is 0 Å². The SMILES string of the molecule is CCC(C)C(N)C(=O)N1CCN(C(=O)c2cc(Cl)cc(Cl)c2)CC1.Cl. The molecule has 140 valence electrons. The number of nitrogens with zero attached hydrogens (tertiary/aromatic N) is 2. The van der Waals surface area contributed by atoms with E-state index < -0.39 is 6.04 Å². The fraction of sp³-hybridized carbons (Fsp3) is 0.529. The quantitative estimate of drug-likeness (QED) is 0.832. The summed E-state index contributed by atoms with van der Waals surface area (Å²) in [6.45, 7) is 5.92. The summed E-state index contributed by atoms with van der Waals surface area (Å²) in [4.78, 5) is 28.4. The van der Waals surface area contributed by atoms with E-state index in [4.69, 9.17) is 28.9 Å². The number of halogens is 3. The van der Waals surface area contributed by atoms with Crippen molar-refractivity contribution in [3.63, 3.8) is 0 Å². The van der Waals surface area contributed by atoms with Crippen molar-refractivity contribution in [2.24, 2.45) is 11.7 Å². The van der Waals surface area contributed by atoms with Crippen LogP contribution in [0.3, 0.4) is 0 Å². The number of rotatable bonds is 4. The Morgan fingerprint density at radius 2 is 1.56 bits per heavy atom. The first-order chi connectivity index (χ1) is 11.3. The number of hydrogen-bond acceptors (Lipinski definition) is 3. The molecule has 1 fully saturated rings. The van der Waals surface area contributed by atoms with E-state index in [1.54, 1.807) is 28.0 Å². The van der Waals surface area contributed by atoms with Gasteiger partial charge in [0.05, 0.1) is 6.04 Å².